The summed E-state index contributed by atoms with van der Waals surface area (Å²) in [5, 5.41) is 0.722. The molecule has 134 valence electrons. The van der Waals surface area contributed by atoms with Crippen LogP contribution in [0, 0.1) is 6.92 Å². The number of halogens is 1. The third-order valence-corrected chi connectivity index (χ3v) is 5.03. The molecule has 0 spiro atoms. The van der Waals surface area contributed by atoms with Gasteiger partial charge in [0.1, 0.15) is 0 Å². The minimum atomic E-state index is 0.722. The van der Waals surface area contributed by atoms with Crippen molar-refractivity contribution in [2.75, 3.05) is 31.1 Å². The summed E-state index contributed by atoms with van der Waals surface area (Å²) >= 11 is 5.94. The number of hydrogen-bond acceptors (Lipinski definition) is 4. The molecule has 0 amide bonds. The Kier molecular flexibility index (Phi) is 4.96. The molecule has 0 N–H and O–H groups in total. The third-order valence-electron chi connectivity index (χ3n) is 4.78. The molecule has 0 atom stereocenters. The number of aromatic nitrogens is 1. The number of aryl methyl sites for hydroxylation is 1. The van der Waals surface area contributed by atoms with Crippen molar-refractivity contribution in [2.24, 2.45) is 0 Å². The highest BCUT2D eigenvalue weighted by molar-refractivity contribution is 6.30. The summed E-state index contributed by atoms with van der Waals surface area (Å²) in [4.78, 5) is 9.28. The molecule has 0 radical (unpaired) electrons. The van der Waals surface area contributed by atoms with Gasteiger partial charge in [0.15, 0.2) is 5.76 Å². The number of anilines is 1. The van der Waals surface area contributed by atoms with Crippen LogP contribution in [0.3, 0.4) is 0 Å². The first-order chi connectivity index (χ1) is 12.7. The normalized spacial score (nSPS) is 15.4. The van der Waals surface area contributed by atoms with Gasteiger partial charge in [-0.25, -0.2) is 4.98 Å². The standard InChI is InChI=1S/C21H22ClN3O/c1-16-3-2-4-19(13-16)25-11-9-24(10-12-25)15-21-23-14-20(26-21)17-5-7-18(22)8-6-17/h2-8,13-14H,9-12,15H2,1H3. The van der Waals surface area contributed by atoms with E-state index in [2.05, 4.69) is 46.0 Å². The first kappa shape index (κ1) is 17.1. The Morgan fingerprint density at radius 1 is 1.04 bits per heavy atom. The monoisotopic (exact) mass is 367 g/mol. The molecule has 0 bridgehead atoms. The van der Waals surface area contributed by atoms with Crippen molar-refractivity contribution in [2.45, 2.75) is 13.5 Å². The van der Waals surface area contributed by atoms with E-state index in [9.17, 15) is 0 Å². The van der Waals surface area contributed by atoms with Crippen molar-refractivity contribution in [1.82, 2.24) is 9.88 Å². The van der Waals surface area contributed by atoms with E-state index in [0.717, 1.165) is 55.0 Å². The fourth-order valence-electron chi connectivity index (χ4n) is 3.31. The number of nitrogens with zero attached hydrogens (tertiary/aromatic N) is 3. The molecule has 1 aliphatic heterocycles. The lowest BCUT2D eigenvalue weighted by Gasteiger charge is -2.35. The van der Waals surface area contributed by atoms with E-state index >= 15 is 0 Å². The molecule has 4 nitrogen and oxygen atoms in total. The maximum Gasteiger partial charge on any atom is 0.209 e. The SMILES string of the molecule is Cc1cccc(N2CCN(Cc3ncc(-c4ccc(Cl)cc4)o3)CC2)c1. The summed E-state index contributed by atoms with van der Waals surface area (Å²) in [5.74, 6) is 1.55. The molecule has 1 aromatic heterocycles. The summed E-state index contributed by atoms with van der Waals surface area (Å²) in [5.41, 5.74) is 3.61. The van der Waals surface area contributed by atoms with Gasteiger partial charge in [0.25, 0.3) is 0 Å². The van der Waals surface area contributed by atoms with Gasteiger partial charge in [-0.1, -0.05) is 23.7 Å². The molecule has 4 rings (SSSR count). The van der Waals surface area contributed by atoms with Crippen LogP contribution in [0.1, 0.15) is 11.5 Å². The van der Waals surface area contributed by atoms with Gasteiger partial charge in [0, 0.05) is 42.5 Å². The maximum atomic E-state index is 5.94. The van der Waals surface area contributed by atoms with Crippen molar-refractivity contribution in [1.29, 1.82) is 0 Å². The third kappa shape index (κ3) is 3.92. The highest BCUT2D eigenvalue weighted by Gasteiger charge is 2.19. The predicted octanol–water partition coefficient (Wildman–Crippen LogP) is 4.63. The van der Waals surface area contributed by atoms with Gasteiger partial charge in [0.2, 0.25) is 5.89 Å². The van der Waals surface area contributed by atoms with Crippen molar-refractivity contribution in [3.05, 3.63) is 71.2 Å². The van der Waals surface area contributed by atoms with Crippen LogP contribution in [0.2, 0.25) is 5.02 Å². The number of oxazole rings is 1. The van der Waals surface area contributed by atoms with Gasteiger partial charge in [-0.05, 0) is 48.9 Å². The van der Waals surface area contributed by atoms with Crippen molar-refractivity contribution in [3.63, 3.8) is 0 Å². The van der Waals surface area contributed by atoms with Crippen molar-refractivity contribution >= 4 is 17.3 Å². The Morgan fingerprint density at radius 3 is 2.54 bits per heavy atom. The van der Waals surface area contributed by atoms with Gasteiger partial charge in [-0.3, -0.25) is 4.90 Å². The van der Waals surface area contributed by atoms with Gasteiger partial charge in [-0.15, -0.1) is 0 Å². The fourth-order valence-corrected chi connectivity index (χ4v) is 3.44. The molecule has 0 saturated carbocycles. The highest BCUT2D eigenvalue weighted by Crippen LogP contribution is 2.23. The Hall–Kier alpha value is -2.30. The number of piperazine rings is 1. The predicted molar refractivity (Wildman–Crippen MR) is 106 cm³/mol. The van der Waals surface area contributed by atoms with E-state index in [1.54, 1.807) is 6.20 Å². The lowest BCUT2D eigenvalue weighted by atomic mass is 10.2. The summed E-state index contributed by atoms with van der Waals surface area (Å²) in [6.45, 7) is 6.94. The van der Waals surface area contributed by atoms with E-state index in [1.165, 1.54) is 11.3 Å². The summed E-state index contributed by atoms with van der Waals surface area (Å²) in [6, 6.07) is 16.3. The molecule has 1 aliphatic rings. The van der Waals surface area contributed by atoms with Crippen LogP contribution < -0.4 is 4.90 Å². The second-order valence-electron chi connectivity index (χ2n) is 6.73. The van der Waals surface area contributed by atoms with Crippen molar-refractivity contribution < 1.29 is 4.42 Å². The Labute approximate surface area is 159 Å². The van der Waals surface area contributed by atoms with E-state index in [-0.39, 0.29) is 0 Å². The van der Waals surface area contributed by atoms with Gasteiger partial charge in [-0.2, -0.15) is 0 Å². The minimum Gasteiger partial charge on any atom is -0.439 e. The zero-order chi connectivity index (χ0) is 17.9. The molecule has 26 heavy (non-hydrogen) atoms. The lowest BCUT2D eigenvalue weighted by Crippen LogP contribution is -2.46. The average molecular weight is 368 g/mol. The maximum absolute atomic E-state index is 5.94. The summed E-state index contributed by atoms with van der Waals surface area (Å²) < 4.78 is 5.93. The quantitative estimate of drug-likeness (QED) is 0.673. The number of hydrogen-bond donors (Lipinski definition) is 0. The molecule has 2 aromatic carbocycles. The average Bonchev–Trinajstić information content (AvgIpc) is 3.11. The molecule has 0 aliphatic carbocycles. The molecule has 1 fully saturated rings. The zero-order valence-electron chi connectivity index (χ0n) is 14.9. The van der Waals surface area contributed by atoms with Crippen LogP contribution in [-0.2, 0) is 6.54 Å². The number of rotatable bonds is 4. The molecule has 1 saturated heterocycles. The number of benzene rings is 2. The molecular weight excluding hydrogens is 346 g/mol. The largest absolute Gasteiger partial charge is 0.439 e. The first-order valence-electron chi connectivity index (χ1n) is 8.92. The molecule has 3 aromatic rings. The fraction of sp³-hybridized carbons (Fsp3) is 0.286. The lowest BCUT2D eigenvalue weighted by molar-refractivity contribution is 0.227. The van der Waals surface area contributed by atoms with Gasteiger partial charge >= 0.3 is 0 Å². The van der Waals surface area contributed by atoms with Crippen molar-refractivity contribution in [3.8, 4) is 11.3 Å². The molecule has 5 heteroatoms. The van der Waals surface area contributed by atoms with E-state index in [0.29, 0.717) is 0 Å². The summed E-state index contributed by atoms with van der Waals surface area (Å²) in [7, 11) is 0. The summed E-state index contributed by atoms with van der Waals surface area (Å²) in [6.07, 6.45) is 1.79. The van der Waals surface area contributed by atoms with Crippen LogP contribution in [0.5, 0.6) is 0 Å². The van der Waals surface area contributed by atoms with Crippen LogP contribution in [0.15, 0.2) is 59.1 Å². The highest BCUT2D eigenvalue weighted by atomic mass is 35.5. The Balaban J connectivity index is 1.35. The van der Waals surface area contributed by atoms with Crippen LogP contribution >= 0.6 is 11.6 Å². The smallest absolute Gasteiger partial charge is 0.209 e. The molecular formula is C21H22ClN3O. The van der Waals surface area contributed by atoms with Gasteiger partial charge < -0.3 is 9.32 Å². The van der Waals surface area contributed by atoms with Crippen LogP contribution in [0.4, 0.5) is 5.69 Å². The second-order valence-corrected chi connectivity index (χ2v) is 7.16. The molecule has 0 unspecified atom stereocenters. The Morgan fingerprint density at radius 2 is 1.81 bits per heavy atom. The van der Waals surface area contributed by atoms with E-state index < -0.39 is 0 Å². The van der Waals surface area contributed by atoms with Gasteiger partial charge in [0.05, 0.1) is 12.7 Å². The van der Waals surface area contributed by atoms with Crippen LogP contribution in [-0.4, -0.2) is 36.1 Å². The second kappa shape index (κ2) is 7.52. The zero-order valence-corrected chi connectivity index (χ0v) is 15.6. The van der Waals surface area contributed by atoms with Crippen LogP contribution in [0.25, 0.3) is 11.3 Å². The minimum absolute atomic E-state index is 0.722. The molecule has 2 heterocycles. The topological polar surface area (TPSA) is 32.5 Å². The van der Waals surface area contributed by atoms with E-state index in [1.807, 2.05) is 24.3 Å². The first-order valence-corrected chi connectivity index (χ1v) is 9.30. The van der Waals surface area contributed by atoms with E-state index in [4.69, 9.17) is 16.0 Å². The Bertz CT molecular complexity index is 867.